The number of rotatable bonds is 5. The maximum absolute atomic E-state index is 12.2. The van der Waals surface area contributed by atoms with Gasteiger partial charge in [0.2, 0.25) is 11.7 Å². The second kappa shape index (κ2) is 7.17. The molecule has 0 saturated carbocycles. The first-order chi connectivity index (χ1) is 12.7. The number of benzene rings is 1. The van der Waals surface area contributed by atoms with Crippen molar-refractivity contribution in [3.8, 4) is 5.75 Å². The van der Waals surface area contributed by atoms with Crippen molar-refractivity contribution in [2.24, 2.45) is 0 Å². The lowest BCUT2D eigenvalue weighted by Gasteiger charge is -2.17. The van der Waals surface area contributed by atoms with Crippen LogP contribution in [0, 0.1) is 0 Å². The van der Waals surface area contributed by atoms with Crippen molar-refractivity contribution < 1.29 is 4.74 Å². The van der Waals surface area contributed by atoms with E-state index in [1.807, 2.05) is 34.9 Å². The van der Waals surface area contributed by atoms with E-state index in [2.05, 4.69) is 27.8 Å². The third kappa shape index (κ3) is 3.28. The van der Waals surface area contributed by atoms with Crippen LogP contribution in [-0.4, -0.2) is 16.7 Å². The highest BCUT2D eigenvalue weighted by molar-refractivity contribution is 7.07. The molecule has 1 aromatic carbocycles. The molecule has 26 heavy (non-hydrogen) atoms. The van der Waals surface area contributed by atoms with Gasteiger partial charge in [-0.05, 0) is 29.9 Å². The van der Waals surface area contributed by atoms with Gasteiger partial charge in [-0.15, -0.1) is 11.3 Å². The van der Waals surface area contributed by atoms with Crippen LogP contribution in [0.2, 0.25) is 0 Å². The van der Waals surface area contributed by atoms with Crippen molar-refractivity contribution in [3.63, 3.8) is 0 Å². The van der Waals surface area contributed by atoms with Crippen molar-refractivity contribution in [1.82, 2.24) is 9.55 Å². The van der Waals surface area contributed by atoms with Crippen LogP contribution < -0.4 is 25.4 Å². The molecule has 0 atom stereocenters. The van der Waals surface area contributed by atoms with Gasteiger partial charge in [0.25, 0.3) is 0 Å². The fourth-order valence-electron chi connectivity index (χ4n) is 3.09. The Morgan fingerprint density at radius 1 is 1.27 bits per heavy atom. The Balaban J connectivity index is 1.78. The predicted octanol–water partition coefficient (Wildman–Crippen LogP) is 2.16. The van der Waals surface area contributed by atoms with Gasteiger partial charge in [-0.1, -0.05) is 36.4 Å². The summed E-state index contributed by atoms with van der Waals surface area (Å²) in [7, 11) is 1.49. The van der Waals surface area contributed by atoms with E-state index in [0.717, 1.165) is 24.1 Å². The van der Waals surface area contributed by atoms with Crippen LogP contribution in [0.5, 0.6) is 5.75 Å². The quantitative estimate of drug-likeness (QED) is 0.753. The number of ether oxygens (including phenoxy) is 1. The molecule has 0 fully saturated rings. The van der Waals surface area contributed by atoms with Gasteiger partial charge in [0.15, 0.2) is 0 Å². The maximum Gasteiger partial charge on any atom is 0.316 e. The Labute approximate surface area is 154 Å². The lowest BCUT2D eigenvalue weighted by Crippen LogP contribution is -2.29. The van der Waals surface area contributed by atoms with Crippen molar-refractivity contribution in [2.75, 3.05) is 12.4 Å². The summed E-state index contributed by atoms with van der Waals surface area (Å²) < 4.78 is 8.37. The van der Waals surface area contributed by atoms with E-state index < -0.39 is 0 Å². The van der Waals surface area contributed by atoms with E-state index in [-0.39, 0.29) is 11.3 Å². The van der Waals surface area contributed by atoms with Gasteiger partial charge in [0.1, 0.15) is 0 Å². The maximum atomic E-state index is 12.2. The molecule has 0 aliphatic heterocycles. The fourth-order valence-corrected chi connectivity index (χ4v) is 3.97. The Morgan fingerprint density at radius 3 is 2.92 bits per heavy atom. The van der Waals surface area contributed by atoms with Gasteiger partial charge < -0.3 is 14.6 Å². The monoisotopic (exact) mass is 365 g/mol. The van der Waals surface area contributed by atoms with Crippen LogP contribution in [0.4, 0.5) is 5.95 Å². The first kappa shape index (κ1) is 16.6. The number of anilines is 1. The minimum absolute atomic E-state index is 0.240. The molecule has 132 valence electrons. The molecule has 1 aliphatic carbocycles. The number of thiophene rings is 1. The summed E-state index contributed by atoms with van der Waals surface area (Å²) in [6, 6.07) is 12.2. The minimum atomic E-state index is -0.368. The van der Waals surface area contributed by atoms with Crippen molar-refractivity contribution in [2.45, 2.75) is 19.4 Å². The Kier molecular flexibility index (Phi) is 4.58. The van der Waals surface area contributed by atoms with Crippen LogP contribution >= 0.6 is 11.3 Å². The van der Waals surface area contributed by atoms with Crippen LogP contribution in [0.3, 0.4) is 0 Å². The van der Waals surface area contributed by atoms with Gasteiger partial charge in [0.05, 0.1) is 19.9 Å². The molecule has 4 rings (SSSR count). The number of nitrogens with one attached hydrogen (secondary N) is 1. The predicted molar refractivity (Wildman–Crippen MR) is 105 cm³/mol. The molecular formula is C20H19N3O2S. The van der Waals surface area contributed by atoms with Gasteiger partial charge in [-0.25, -0.2) is 0 Å². The number of hydrogen-bond acceptors (Lipinski definition) is 5. The van der Waals surface area contributed by atoms with E-state index in [0.29, 0.717) is 12.5 Å². The van der Waals surface area contributed by atoms with Crippen molar-refractivity contribution in [1.29, 1.82) is 0 Å². The second-order valence-electron chi connectivity index (χ2n) is 6.10. The molecule has 3 aromatic rings. The van der Waals surface area contributed by atoms with E-state index in [1.54, 1.807) is 17.5 Å². The number of methoxy groups -OCH3 is 1. The van der Waals surface area contributed by atoms with Crippen molar-refractivity contribution >= 4 is 29.1 Å². The van der Waals surface area contributed by atoms with Crippen LogP contribution in [0.25, 0.3) is 11.8 Å². The molecule has 6 heteroatoms. The highest BCUT2D eigenvalue weighted by Crippen LogP contribution is 2.16. The Hall–Kier alpha value is -2.86. The summed E-state index contributed by atoms with van der Waals surface area (Å²) in [6.07, 6.45) is 5.85. The molecule has 0 amide bonds. The Bertz CT molecular complexity index is 1100. The smallest absolute Gasteiger partial charge is 0.316 e. The fraction of sp³-hybridized carbons (Fsp3) is 0.200. The first-order valence-corrected chi connectivity index (χ1v) is 9.36. The van der Waals surface area contributed by atoms with Crippen LogP contribution in [0.1, 0.15) is 18.4 Å². The average Bonchev–Trinajstić information content (AvgIpc) is 3.14. The van der Waals surface area contributed by atoms with Crippen molar-refractivity contribution in [3.05, 3.63) is 73.6 Å². The SMILES string of the molecule is COc1cn(Cc2ccccc2)c(NC2=c3ccsc3=CCC2)nc1=O. The number of aromatic nitrogens is 2. The largest absolute Gasteiger partial charge is 0.490 e. The van der Waals surface area contributed by atoms with Crippen LogP contribution in [-0.2, 0) is 6.54 Å². The zero-order chi connectivity index (χ0) is 17.9. The van der Waals surface area contributed by atoms with Gasteiger partial charge in [0, 0.05) is 15.4 Å². The lowest BCUT2D eigenvalue weighted by atomic mass is 10.1. The zero-order valence-corrected chi connectivity index (χ0v) is 15.3. The summed E-state index contributed by atoms with van der Waals surface area (Å²) in [5.41, 5.74) is 1.86. The summed E-state index contributed by atoms with van der Waals surface area (Å²) in [5.74, 6) is 0.776. The lowest BCUT2D eigenvalue weighted by molar-refractivity contribution is 0.402. The standard InChI is InChI=1S/C20H19N3O2S/c1-25-17-13-23(12-14-6-3-2-4-7-14)20(22-19(17)24)21-16-8-5-9-18-15(16)10-11-26-18/h2-4,6-7,9-11,13H,5,8,12H2,1H3,(H,21,22,24). The molecule has 1 N–H and O–H groups in total. The summed E-state index contributed by atoms with van der Waals surface area (Å²) in [5, 5.41) is 6.69. The van der Waals surface area contributed by atoms with Gasteiger partial charge in [-0.3, -0.25) is 4.79 Å². The molecule has 0 unspecified atom stereocenters. The number of nitrogens with zero attached hydrogens (tertiary/aromatic N) is 2. The molecule has 0 radical (unpaired) electrons. The number of hydrogen-bond donors (Lipinski definition) is 1. The first-order valence-electron chi connectivity index (χ1n) is 8.48. The topological polar surface area (TPSA) is 56.1 Å². The molecule has 2 aromatic heterocycles. The van der Waals surface area contributed by atoms with E-state index in [4.69, 9.17) is 4.74 Å². The molecule has 1 aliphatic rings. The van der Waals surface area contributed by atoms with E-state index in [9.17, 15) is 4.79 Å². The number of fused-ring (bicyclic) bond motifs is 1. The van der Waals surface area contributed by atoms with E-state index >= 15 is 0 Å². The molecule has 2 heterocycles. The second-order valence-corrected chi connectivity index (χ2v) is 7.04. The van der Waals surface area contributed by atoms with Gasteiger partial charge in [-0.2, -0.15) is 4.98 Å². The molecule has 0 spiro atoms. The average molecular weight is 365 g/mol. The Morgan fingerprint density at radius 2 is 2.12 bits per heavy atom. The van der Waals surface area contributed by atoms with E-state index in [1.165, 1.54) is 16.9 Å². The van der Waals surface area contributed by atoms with Gasteiger partial charge >= 0.3 is 5.56 Å². The minimum Gasteiger partial charge on any atom is -0.490 e. The molecule has 0 saturated heterocycles. The van der Waals surface area contributed by atoms with Crippen LogP contribution in [0.15, 0.2) is 52.8 Å². The summed E-state index contributed by atoms with van der Waals surface area (Å²) in [4.78, 5) is 16.4. The summed E-state index contributed by atoms with van der Waals surface area (Å²) >= 11 is 1.73. The molecule has 5 nitrogen and oxygen atoms in total. The highest BCUT2D eigenvalue weighted by atomic mass is 32.1. The zero-order valence-electron chi connectivity index (χ0n) is 14.4. The molecule has 0 bridgehead atoms. The normalized spacial score (nSPS) is 13.0. The molecular weight excluding hydrogens is 346 g/mol. The third-order valence-corrected chi connectivity index (χ3v) is 5.30. The summed E-state index contributed by atoms with van der Waals surface area (Å²) in [6.45, 7) is 0.600. The highest BCUT2D eigenvalue weighted by Gasteiger charge is 2.13. The third-order valence-electron chi connectivity index (χ3n) is 4.39.